The van der Waals surface area contributed by atoms with E-state index in [2.05, 4.69) is 22.4 Å². The van der Waals surface area contributed by atoms with Gasteiger partial charge in [0.05, 0.1) is 28.3 Å². The molecule has 0 bridgehead atoms. The predicted octanol–water partition coefficient (Wildman–Crippen LogP) is 3.45. The van der Waals surface area contributed by atoms with Crippen LogP contribution < -0.4 is 10.9 Å². The Morgan fingerprint density at radius 2 is 1.94 bits per heavy atom. The molecule has 0 spiro atoms. The van der Waals surface area contributed by atoms with E-state index < -0.39 is 0 Å². The average Bonchev–Trinajstić information content (AvgIpc) is 3.22. The van der Waals surface area contributed by atoms with Gasteiger partial charge in [-0.1, -0.05) is 37.2 Å². The van der Waals surface area contributed by atoms with Crippen LogP contribution in [0, 0.1) is 11.3 Å². The molecular weight excluding hydrogens is 412 g/mol. The van der Waals surface area contributed by atoms with Crippen LogP contribution in [0.3, 0.4) is 0 Å². The monoisotopic (exact) mass is 432 g/mol. The van der Waals surface area contributed by atoms with Gasteiger partial charge in [-0.3, -0.25) is 18.6 Å². The van der Waals surface area contributed by atoms with Crippen molar-refractivity contribution in [3.63, 3.8) is 0 Å². The maximum absolute atomic E-state index is 13.0. The summed E-state index contributed by atoms with van der Waals surface area (Å²) >= 11 is 1.25. The van der Waals surface area contributed by atoms with Crippen LogP contribution in [0.1, 0.15) is 25.3 Å². The molecule has 0 aliphatic rings. The second-order valence-corrected chi connectivity index (χ2v) is 7.91. The summed E-state index contributed by atoms with van der Waals surface area (Å²) in [5, 5.41) is 21.3. The fourth-order valence-corrected chi connectivity index (χ4v) is 4.04. The van der Waals surface area contributed by atoms with Crippen molar-refractivity contribution in [3.05, 3.63) is 64.4 Å². The molecule has 156 valence electrons. The number of carbonyl (C=O) groups excluding carboxylic acids is 1. The third-order valence-electron chi connectivity index (χ3n) is 4.84. The van der Waals surface area contributed by atoms with Crippen molar-refractivity contribution in [2.24, 2.45) is 0 Å². The normalized spacial score (nSPS) is 11.0. The van der Waals surface area contributed by atoms with E-state index in [4.69, 9.17) is 5.26 Å². The molecule has 8 nitrogen and oxygen atoms in total. The Kier molecular flexibility index (Phi) is 6.00. The molecule has 0 saturated heterocycles. The van der Waals surface area contributed by atoms with Crippen molar-refractivity contribution in [2.75, 3.05) is 11.1 Å². The smallest absolute Gasteiger partial charge is 0.262 e. The highest BCUT2D eigenvalue weighted by Crippen LogP contribution is 2.22. The Morgan fingerprint density at radius 3 is 2.68 bits per heavy atom. The highest BCUT2D eigenvalue weighted by atomic mass is 32.2. The first-order chi connectivity index (χ1) is 15.1. The van der Waals surface area contributed by atoms with Gasteiger partial charge in [0.2, 0.25) is 11.7 Å². The van der Waals surface area contributed by atoms with Gasteiger partial charge in [-0.2, -0.15) is 5.26 Å². The van der Waals surface area contributed by atoms with E-state index in [9.17, 15) is 9.59 Å². The highest BCUT2D eigenvalue weighted by molar-refractivity contribution is 7.99. The Labute approximate surface area is 182 Å². The number of hydrogen-bond acceptors (Lipinski definition) is 6. The van der Waals surface area contributed by atoms with E-state index in [1.807, 2.05) is 28.7 Å². The number of nitriles is 1. The maximum atomic E-state index is 13.0. The molecule has 0 saturated carbocycles. The van der Waals surface area contributed by atoms with E-state index in [-0.39, 0.29) is 17.2 Å². The first kappa shape index (κ1) is 20.6. The number of fused-ring (bicyclic) bond motifs is 3. The molecule has 2 aromatic carbocycles. The number of aryl methyl sites for hydroxylation is 1. The van der Waals surface area contributed by atoms with Crippen LogP contribution in [0.4, 0.5) is 5.69 Å². The van der Waals surface area contributed by atoms with E-state index in [0.717, 1.165) is 18.4 Å². The van der Waals surface area contributed by atoms with Crippen LogP contribution >= 0.6 is 11.8 Å². The largest absolute Gasteiger partial charge is 0.325 e. The van der Waals surface area contributed by atoms with Gasteiger partial charge in [0.15, 0.2) is 5.16 Å². The summed E-state index contributed by atoms with van der Waals surface area (Å²) in [6.45, 7) is 2.63. The Bertz CT molecular complexity index is 1350. The zero-order chi connectivity index (χ0) is 21.8. The summed E-state index contributed by atoms with van der Waals surface area (Å²) in [6, 6.07) is 16.1. The number of para-hydroxylation sites is 1. The molecule has 31 heavy (non-hydrogen) atoms. The fraction of sp³-hybridized carbons (Fsp3) is 0.227. The predicted molar refractivity (Wildman–Crippen MR) is 120 cm³/mol. The molecule has 0 aliphatic carbocycles. The van der Waals surface area contributed by atoms with Crippen molar-refractivity contribution in [1.82, 2.24) is 19.2 Å². The van der Waals surface area contributed by atoms with E-state index in [1.165, 1.54) is 11.8 Å². The first-order valence-corrected chi connectivity index (χ1v) is 10.9. The summed E-state index contributed by atoms with van der Waals surface area (Å²) in [4.78, 5) is 25.4. The lowest BCUT2D eigenvalue weighted by Crippen LogP contribution is -2.23. The maximum Gasteiger partial charge on any atom is 0.262 e. The number of rotatable bonds is 7. The minimum atomic E-state index is -0.199. The standard InChI is InChI=1S/C22H20N6O2S/c1-2-3-12-27-20(30)17-6-4-5-7-18(17)28-21(27)25-26-22(28)31-14-19(29)24-16-10-8-15(13-23)9-11-16/h4-11H,2-3,12,14H2,1H3,(H,24,29). The van der Waals surface area contributed by atoms with Crippen molar-refractivity contribution >= 4 is 40.0 Å². The molecule has 1 N–H and O–H groups in total. The molecule has 1 amide bonds. The van der Waals surface area contributed by atoms with Crippen molar-refractivity contribution in [2.45, 2.75) is 31.5 Å². The third-order valence-corrected chi connectivity index (χ3v) is 5.77. The average molecular weight is 433 g/mol. The van der Waals surface area contributed by atoms with Gasteiger partial charge < -0.3 is 5.32 Å². The molecule has 0 fully saturated rings. The Hall–Kier alpha value is -3.64. The zero-order valence-electron chi connectivity index (χ0n) is 16.9. The lowest BCUT2D eigenvalue weighted by Gasteiger charge is -2.11. The minimum Gasteiger partial charge on any atom is -0.325 e. The summed E-state index contributed by atoms with van der Waals surface area (Å²) in [7, 11) is 0. The van der Waals surface area contributed by atoms with Gasteiger partial charge in [0, 0.05) is 12.2 Å². The molecule has 2 aromatic heterocycles. The molecule has 0 atom stereocenters. The van der Waals surface area contributed by atoms with Gasteiger partial charge in [-0.15, -0.1) is 10.2 Å². The number of nitrogens with one attached hydrogen (secondary N) is 1. The zero-order valence-corrected chi connectivity index (χ0v) is 17.7. The van der Waals surface area contributed by atoms with Gasteiger partial charge in [-0.05, 0) is 42.8 Å². The van der Waals surface area contributed by atoms with Crippen LogP contribution in [-0.4, -0.2) is 30.8 Å². The van der Waals surface area contributed by atoms with Crippen LogP contribution in [-0.2, 0) is 11.3 Å². The fourth-order valence-electron chi connectivity index (χ4n) is 3.30. The number of amides is 1. The third kappa shape index (κ3) is 4.15. The van der Waals surface area contributed by atoms with Crippen LogP contribution in [0.25, 0.3) is 16.7 Å². The number of benzene rings is 2. The molecule has 0 aliphatic heterocycles. The topological polar surface area (TPSA) is 105 Å². The minimum absolute atomic E-state index is 0.0842. The molecule has 4 rings (SSSR count). The van der Waals surface area contributed by atoms with Crippen molar-refractivity contribution < 1.29 is 4.79 Å². The van der Waals surface area contributed by atoms with Crippen molar-refractivity contribution in [1.29, 1.82) is 5.26 Å². The summed E-state index contributed by atoms with van der Waals surface area (Å²) in [5.41, 5.74) is 1.78. The summed E-state index contributed by atoms with van der Waals surface area (Å²) < 4.78 is 3.49. The number of unbranched alkanes of at least 4 members (excludes halogenated alkanes) is 1. The number of nitrogens with zero attached hydrogens (tertiary/aromatic N) is 5. The molecule has 0 radical (unpaired) electrons. The molecule has 2 heterocycles. The number of thioether (sulfide) groups is 1. The van der Waals surface area contributed by atoms with Gasteiger partial charge in [0.1, 0.15) is 0 Å². The summed E-state index contributed by atoms with van der Waals surface area (Å²) in [6.07, 6.45) is 1.81. The Balaban J connectivity index is 1.62. The summed E-state index contributed by atoms with van der Waals surface area (Å²) in [5.74, 6) is 0.408. The number of carbonyl (C=O) groups is 1. The molecule has 0 unspecified atom stereocenters. The van der Waals surface area contributed by atoms with E-state index in [0.29, 0.717) is 34.1 Å². The lowest BCUT2D eigenvalue weighted by molar-refractivity contribution is -0.113. The number of hydrogen-bond donors (Lipinski definition) is 1. The second-order valence-electron chi connectivity index (χ2n) is 6.97. The second kappa shape index (κ2) is 9.02. The van der Waals surface area contributed by atoms with E-state index >= 15 is 0 Å². The Morgan fingerprint density at radius 1 is 1.16 bits per heavy atom. The molecule has 9 heteroatoms. The number of anilines is 1. The van der Waals surface area contributed by atoms with E-state index in [1.54, 1.807) is 34.9 Å². The molecular formula is C22H20N6O2S. The van der Waals surface area contributed by atoms with Gasteiger partial charge in [0.25, 0.3) is 5.56 Å². The highest BCUT2D eigenvalue weighted by Gasteiger charge is 2.17. The SMILES string of the molecule is CCCCn1c(=O)c2ccccc2n2c(SCC(=O)Nc3ccc(C#N)cc3)nnc12. The van der Waals surface area contributed by atoms with Crippen molar-refractivity contribution in [3.8, 4) is 6.07 Å². The van der Waals surface area contributed by atoms with Gasteiger partial charge in [-0.25, -0.2) is 0 Å². The van der Waals surface area contributed by atoms with Crippen LogP contribution in [0.5, 0.6) is 0 Å². The number of aromatic nitrogens is 4. The van der Waals surface area contributed by atoms with Crippen LogP contribution in [0.2, 0.25) is 0 Å². The lowest BCUT2D eigenvalue weighted by atomic mass is 10.2. The molecule has 4 aromatic rings. The van der Waals surface area contributed by atoms with Crippen LogP contribution in [0.15, 0.2) is 58.5 Å². The first-order valence-electron chi connectivity index (χ1n) is 9.92. The quantitative estimate of drug-likeness (QED) is 0.449. The van der Waals surface area contributed by atoms with Gasteiger partial charge >= 0.3 is 0 Å².